The number of ether oxygens (including phenoxy) is 2. The molecule has 0 saturated heterocycles. The van der Waals surface area contributed by atoms with E-state index in [-0.39, 0.29) is 25.2 Å². The summed E-state index contributed by atoms with van der Waals surface area (Å²) in [7, 11) is 1.47. The predicted octanol–water partition coefficient (Wildman–Crippen LogP) is 0.992. The van der Waals surface area contributed by atoms with Gasteiger partial charge in [-0.1, -0.05) is 30.3 Å². The van der Waals surface area contributed by atoms with E-state index in [9.17, 15) is 24.3 Å². The van der Waals surface area contributed by atoms with E-state index < -0.39 is 42.1 Å². The zero-order valence-corrected chi connectivity index (χ0v) is 19.6. The summed E-state index contributed by atoms with van der Waals surface area (Å²) in [5, 5.41) is 15.5. The van der Waals surface area contributed by atoms with Crippen LogP contribution in [-0.2, 0) is 27.4 Å². The minimum Gasteiger partial charge on any atom is -0.497 e. The van der Waals surface area contributed by atoms with E-state index in [1.54, 1.807) is 24.3 Å². The first-order valence-electron chi connectivity index (χ1n) is 11.1. The maximum atomic E-state index is 12.4. The lowest BCUT2D eigenvalue weighted by Gasteiger charge is -2.18. The molecule has 2 aromatic carbocycles. The fourth-order valence-electron chi connectivity index (χ4n) is 3.46. The second kappa shape index (κ2) is 12.4. The van der Waals surface area contributed by atoms with Crippen LogP contribution in [0.4, 0.5) is 4.79 Å². The van der Waals surface area contributed by atoms with Crippen LogP contribution < -0.4 is 26.7 Å². The normalized spacial score (nSPS) is 12.4. The number of methoxy groups -OCH3 is 1. The number of hydrogen-bond acceptors (Lipinski definition) is 8. The smallest absolute Gasteiger partial charge is 0.407 e. The Bertz CT molecular complexity index is 1280. The number of nitrogens with two attached hydrogens (primary N) is 1. The Hall–Kier alpha value is -4.38. The number of nitrogens with one attached hydrogen (secondary N) is 2. The van der Waals surface area contributed by atoms with Gasteiger partial charge in [0.25, 0.3) is 0 Å². The Kier molecular flexibility index (Phi) is 9.01. The minimum absolute atomic E-state index is 0.0584. The molecule has 190 valence electrons. The Morgan fingerprint density at radius 3 is 2.56 bits per heavy atom. The van der Waals surface area contributed by atoms with Crippen LogP contribution in [0.15, 0.2) is 63.8 Å². The van der Waals surface area contributed by atoms with Crippen LogP contribution in [0.2, 0.25) is 0 Å². The fraction of sp³-hybridized carbons (Fsp3) is 0.280. The van der Waals surface area contributed by atoms with E-state index in [1.165, 1.54) is 19.2 Å². The third-order valence-corrected chi connectivity index (χ3v) is 5.26. The maximum Gasteiger partial charge on any atom is 0.407 e. The summed E-state index contributed by atoms with van der Waals surface area (Å²) in [6.45, 7) is -0.183. The van der Waals surface area contributed by atoms with Gasteiger partial charge in [0.05, 0.1) is 19.6 Å². The summed E-state index contributed by atoms with van der Waals surface area (Å²) in [5.74, 6) is -1.01. The molecule has 36 heavy (non-hydrogen) atoms. The molecule has 0 saturated carbocycles. The van der Waals surface area contributed by atoms with Crippen LogP contribution >= 0.6 is 0 Å². The van der Waals surface area contributed by atoms with Crippen LogP contribution in [0.5, 0.6) is 5.75 Å². The standard InChI is InChI=1S/C25H27N3O8/c1-34-18-7-8-19-16(10-23(31)36-21(19)12-18)9-20(24(26)32)28-22(30)11-17(29)13-27-25(33)35-14-15-5-3-2-4-6-15/h2-8,10,12,17,20,29H,9,11,13-14H2,1H3,(H2,26,32)(H,27,33)(H,28,30)/t17-,20-/m0/s1. The SMILES string of the molecule is COc1ccc2c(C[C@H](NC(=O)C[C@H](O)CNC(=O)OCc3ccccc3)C(N)=O)cc(=O)oc2c1. The molecule has 3 aromatic rings. The Balaban J connectivity index is 1.54. The number of amides is 3. The van der Waals surface area contributed by atoms with Gasteiger partial charge in [-0.05, 0) is 23.3 Å². The van der Waals surface area contributed by atoms with Crippen molar-refractivity contribution < 1.29 is 33.4 Å². The highest BCUT2D eigenvalue weighted by atomic mass is 16.5. The molecule has 0 fully saturated rings. The lowest BCUT2D eigenvalue weighted by Crippen LogP contribution is -2.47. The summed E-state index contributed by atoms with van der Waals surface area (Å²) >= 11 is 0. The molecule has 0 aliphatic rings. The highest BCUT2D eigenvalue weighted by Gasteiger charge is 2.22. The number of primary amides is 1. The molecular weight excluding hydrogens is 470 g/mol. The Morgan fingerprint density at radius 1 is 1.11 bits per heavy atom. The van der Waals surface area contributed by atoms with Gasteiger partial charge in [0.1, 0.15) is 24.0 Å². The van der Waals surface area contributed by atoms with Crippen LogP contribution in [0.1, 0.15) is 17.5 Å². The first kappa shape index (κ1) is 26.2. The second-order valence-corrected chi connectivity index (χ2v) is 7.98. The number of alkyl carbamates (subject to hydrolysis) is 1. The number of carbonyl (C=O) groups is 3. The number of fused-ring (bicyclic) bond motifs is 1. The average molecular weight is 498 g/mol. The van der Waals surface area contributed by atoms with Crippen LogP contribution in [0, 0.1) is 0 Å². The van der Waals surface area contributed by atoms with E-state index in [2.05, 4.69) is 10.6 Å². The lowest BCUT2D eigenvalue weighted by molar-refractivity contribution is -0.128. The summed E-state index contributed by atoms with van der Waals surface area (Å²) < 4.78 is 15.4. The van der Waals surface area contributed by atoms with Crippen molar-refractivity contribution in [2.24, 2.45) is 5.73 Å². The van der Waals surface area contributed by atoms with Gasteiger partial charge in [-0.15, -0.1) is 0 Å². The summed E-state index contributed by atoms with van der Waals surface area (Å²) in [6.07, 6.45) is -2.47. The third kappa shape index (κ3) is 7.57. The zero-order valence-electron chi connectivity index (χ0n) is 19.6. The fourth-order valence-corrected chi connectivity index (χ4v) is 3.46. The molecular formula is C25H27N3O8. The maximum absolute atomic E-state index is 12.4. The van der Waals surface area contributed by atoms with Gasteiger partial charge in [0.15, 0.2) is 0 Å². The molecule has 2 atom stereocenters. The molecule has 3 rings (SSSR count). The van der Waals surface area contributed by atoms with Crippen LogP contribution in [-0.4, -0.2) is 48.8 Å². The Labute approximate surface area is 206 Å². The van der Waals surface area contributed by atoms with Gasteiger partial charge in [0.2, 0.25) is 11.8 Å². The molecule has 0 spiro atoms. The third-order valence-electron chi connectivity index (χ3n) is 5.26. The van der Waals surface area contributed by atoms with Crippen molar-refractivity contribution >= 4 is 28.9 Å². The number of aliphatic hydroxyl groups excluding tert-OH is 1. The van der Waals surface area contributed by atoms with Gasteiger partial charge in [-0.2, -0.15) is 0 Å². The molecule has 11 nitrogen and oxygen atoms in total. The van der Waals surface area contributed by atoms with Crippen molar-refractivity contribution in [1.82, 2.24) is 10.6 Å². The van der Waals surface area contributed by atoms with Crippen molar-refractivity contribution in [3.63, 3.8) is 0 Å². The second-order valence-electron chi connectivity index (χ2n) is 7.98. The van der Waals surface area contributed by atoms with Gasteiger partial charge < -0.3 is 35.4 Å². The molecule has 1 aromatic heterocycles. The highest BCUT2D eigenvalue weighted by Crippen LogP contribution is 2.23. The van der Waals surface area contributed by atoms with Gasteiger partial charge >= 0.3 is 11.7 Å². The molecule has 0 aliphatic carbocycles. The van der Waals surface area contributed by atoms with E-state index in [0.29, 0.717) is 16.7 Å². The summed E-state index contributed by atoms with van der Waals surface area (Å²) in [6, 6.07) is 14.0. The van der Waals surface area contributed by atoms with Crippen molar-refractivity contribution in [3.8, 4) is 5.75 Å². The molecule has 0 radical (unpaired) electrons. The molecule has 0 bridgehead atoms. The number of carbonyl (C=O) groups excluding carboxylic acids is 3. The van der Waals surface area contributed by atoms with E-state index in [4.69, 9.17) is 19.6 Å². The van der Waals surface area contributed by atoms with E-state index >= 15 is 0 Å². The van der Waals surface area contributed by atoms with Crippen LogP contribution in [0.3, 0.4) is 0 Å². The highest BCUT2D eigenvalue weighted by molar-refractivity contribution is 5.88. The first-order valence-corrected chi connectivity index (χ1v) is 11.1. The summed E-state index contributed by atoms with van der Waals surface area (Å²) in [5.41, 5.74) is 6.32. The Morgan fingerprint density at radius 2 is 1.86 bits per heavy atom. The first-order chi connectivity index (χ1) is 17.2. The number of benzene rings is 2. The van der Waals surface area contributed by atoms with Crippen molar-refractivity contribution in [2.45, 2.75) is 31.6 Å². The van der Waals surface area contributed by atoms with Crippen LogP contribution in [0.25, 0.3) is 11.0 Å². The molecule has 0 unspecified atom stereocenters. The molecule has 5 N–H and O–H groups in total. The lowest BCUT2D eigenvalue weighted by atomic mass is 10.0. The van der Waals surface area contributed by atoms with Crippen molar-refractivity contribution in [3.05, 3.63) is 76.1 Å². The summed E-state index contributed by atoms with van der Waals surface area (Å²) in [4.78, 5) is 48.2. The van der Waals surface area contributed by atoms with Gasteiger partial charge in [-0.25, -0.2) is 9.59 Å². The minimum atomic E-state index is -1.24. The predicted molar refractivity (Wildman–Crippen MR) is 129 cm³/mol. The van der Waals surface area contributed by atoms with Crippen molar-refractivity contribution in [2.75, 3.05) is 13.7 Å². The number of hydrogen-bond donors (Lipinski definition) is 4. The molecule has 11 heteroatoms. The molecule has 3 amide bonds. The van der Waals surface area contributed by atoms with E-state index in [0.717, 1.165) is 5.56 Å². The van der Waals surface area contributed by atoms with Crippen molar-refractivity contribution in [1.29, 1.82) is 0 Å². The largest absolute Gasteiger partial charge is 0.497 e. The zero-order chi connectivity index (χ0) is 26.1. The molecule has 1 heterocycles. The topological polar surface area (TPSA) is 170 Å². The van der Waals surface area contributed by atoms with Gasteiger partial charge in [0, 0.05) is 30.5 Å². The molecule has 0 aliphatic heterocycles. The number of rotatable bonds is 11. The number of aliphatic hydroxyl groups is 1. The van der Waals surface area contributed by atoms with Gasteiger partial charge in [-0.3, -0.25) is 9.59 Å². The average Bonchev–Trinajstić information content (AvgIpc) is 2.85. The monoisotopic (exact) mass is 497 g/mol. The van der Waals surface area contributed by atoms with E-state index in [1.807, 2.05) is 18.2 Å². The quantitative estimate of drug-likeness (QED) is 0.284.